The number of anilines is 1. The van der Waals surface area contributed by atoms with Gasteiger partial charge in [-0.25, -0.2) is 0 Å². The first-order valence-electron chi connectivity index (χ1n) is 6.38. The number of hydrogen-bond acceptors (Lipinski definition) is 5. The van der Waals surface area contributed by atoms with Gasteiger partial charge in [0.25, 0.3) is 5.89 Å². The molecule has 0 bridgehead atoms. The van der Waals surface area contributed by atoms with E-state index < -0.39 is 0 Å². The molecule has 3 rings (SSSR count). The molecule has 0 spiro atoms. The lowest BCUT2D eigenvalue weighted by Crippen LogP contribution is -1.89. The molecule has 0 aliphatic heterocycles. The van der Waals surface area contributed by atoms with Crippen LogP contribution in [0.1, 0.15) is 11.4 Å². The Hall–Kier alpha value is -2.21. The second kappa shape index (κ2) is 5.29. The van der Waals surface area contributed by atoms with Gasteiger partial charge in [0.15, 0.2) is 0 Å². The number of benzene rings is 1. The number of aromatic nitrogens is 3. The molecular weight excluding hydrogens is 332 g/mol. The second-order valence-corrected chi connectivity index (χ2v) is 5.65. The third-order valence-electron chi connectivity index (χ3n) is 3.01. The molecular formula is C15H13BrN4O. The van der Waals surface area contributed by atoms with Crippen LogP contribution in [-0.2, 0) is 0 Å². The van der Waals surface area contributed by atoms with Gasteiger partial charge in [0, 0.05) is 32.7 Å². The maximum Gasteiger partial charge on any atom is 0.258 e. The molecule has 0 saturated carbocycles. The van der Waals surface area contributed by atoms with Gasteiger partial charge in [-0.1, -0.05) is 5.16 Å². The normalized spacial score (nSPS) is 10.8. The van der Waals surface area contributed by atoms with E-state index in [1.807, 2.05) is 38.1 Å². The molecule has 0 atom stereocenters. The molecule has 6 heteroatoms. The number of pyridine rings is 1. The zero-order valence-corrected chi connectivity index (χ0v) is 13.2. The van der Waals surface area contributed by atoms with Crippen LogP contribution in [0.4, 0.5) is 5.69 Å². The van der Waals surface area contributed by atoms with Crippen LogP contribution in [0.3, 0.4) is 0 Å². The third-order valence-corrected chi connectivity index (χ3v) is 3.70. The van der Waals surface area contributed by atoms with Gasteiger partial charge in [-0.2, -0.15) is 4.98 Å². The molecule has 1 aromatic carbocycles. The Balaban J connectivity index is 2.01. The first-order chi connectivity index (χ1) is 10.0. The van der Waals surface area contributed by atoms with E-state index in [-0.39, 0.29) is 0 Å². The fourth-order valence-corrected chi connectivity index (χ4v) is 2.46. The van der Waals surface area contributed by atoms with E-state index in [1.54, 1.807) is 6.07 Å². The maximum atomic E-state index is 5.78. The van der Waals surface area contributed by atoms with Gasteiger partial charge >= 0.3 is 0 Å². The average Bonchev–Trinajstić information content (AvgIpc) is 2.90. The van der Waals surface area contributed by atoms with E-state index >= 15 is 0 Å². The maximum absolute atomic E-state index is 5.78. The van der Waals surface area contributed by atoms with Crippen LogP contribution in [0, 0.1) is 13.8 Å². The fraction of sp³-hybridized carbons (Fsp3) is 0.133. The van der Waals surface area contributed by atoms with Gasteiger partial charge in [-0.05, 0) is 60.1 Å². The summed E-state index contributed by atoms with van der Waals surface area (Å²) in [6.07, 6.45) is 0. The standard InChI is InChI=1S/C15H13BrN4O/c1-8-5-11(6-9(2)18-8)14-19-15(21-20-14)10-3-4-13(17)12(16)7-10/h3-7H,17H2,1-2H3. The first kappa shape index (κ1) is 13.8. The highest BCUT2D eigenvalue weighted by Crippen LogP contribution is 2.28. The Kier molecular flexibility index (Phi) is 3.47. The largest absolute Gasteiger partial charge is 0.398 e. The number of aryl methyl sites for hydroxylation is 2. The quantitative estimate of drug-likeness (QED) is 0.716. The van der Waals surface area contributed by atoms with E-state index in [4.69, 9.17) is 10.3 Å². The third kappa shape index (κ3) is 2.80. The zero-order chi connectivity index (χ0) is 15.0. The van der Waals surface area contributed by atoms with E-state index in [1.165, 1.54) is 0 Å². The molecule has 106 valence electrons. The van der Waals surface area contributed by atoms with Crippen molar-refractivity contribution < 1.29 is 4.52 Å². The van der Waals surface area contributed by atoms with Crippen LogP contribution in [0.25, 0.3) is 22.8 Å². The molecule has 0 unspecified atom stereocenters. The summed E-state index contributed by atoms with van der Waals surface area (Å²) in [5.41, 5.74) is 10.00. The number of nitrogen functional groups attached to an aromatic ring is 1. The molecule has 0 aliphatic rings. The monoisotopic (exact) mass is 344 g/mol. The Labute approximate surface area is 130 Å². The van der Waals surface area contributed by atoms with Crippen LogP contribution < -0.4 is 5.73 Å². The van der Waals surface area contributed by atoms with Crippen LogP contribution in [0.5, 0.6) is 0 Å². The van der Waals surface area contributed by atoms with Crippen LogP contribution in [0.15, 0.2) is 39.3 Å². The van der Waals surface area contributed by atoms with Crippen molar-refractivity contribution in [2.75, 3.05) is 5.73 Å². The number of nitrogens with zero attached hydrogens (tertiary/aromatic N) is 3. The highest BCUT2D eigenvalue weighted by atomic mass is 79.9. The van der Waals surface area contributed by atoms with Gasteiger partial charge in [0.05, 0.1) is 0 Å². The molecule has 2 N–H and O–H groups in total. The lowest BCUT2D eigenvalue weighted by atomic mass is 10.2. The lowest BCUT2D eigenvalue weighted by molar-refractivity contribution is 0.432. The topological polar surface area (TPSA) is 77.8 Å². The van der Waals surface area contributed by atoms with Gasteiger partial charge in [0.1, 0.15) is 0 Å². The highest BCUT2D eigenvalue weighted by Gasteiger charge is 2.12. The van der Waals surface area contributed by atoms with Crippen molar-refractivity contribution in [3.05, 3.63) is 46.2 Å². The molecule has 5 nitrogen and oxygen atoms in total. The molecule has 2 aromatic heterocycles. The summed E-state index contributed by atoms with van der Waals surface area (Å²) in [6, 6.07) is 9.36. The minimum Gasteiger partial charge on any atom is -0.398 e. The Morgan fingerprint density at radius 2 is 1.71 bits per heavy atom. The summed E-state index contributed by atoms with van der Waals surface area (Å²) >= 11 is 3.39. The number of hydrogen-bond donors (Lipinski definition) is 1. The summed E-state index contributed by atoms with van der Waals surface area (Å²) in [5, 5.41) is 4.04. The average molecular weight is 345 g/mol. The molecule has 2 heterocycles. The summed E-state index contributed by atoms with van der Waals surface area (Å²) in [5.74, 6) is 1.00. The van der Waals surface area contributed by atoms with Gasteiger partial charge in [-0.15, -0.1) is 0 Å². The van der Waals surface area contributed by atoms with Crippen molar-refractivity contribution >= 4 is 21.6 Å². The molecule has 0 fully saturated rings. The predicted octanol–water partition coefficient (Wildman–Crippen LogP) is 3.76. The smallest absolute Gasteiger partial charge is 0.258 e. The van der Waals surface area contributed by atoms with Gasteiger partial charge < -0.3 is 10.3 Å². The summed E-state index contributed by atoms with van der Waals surface area (Å²) < 4.78 is 6.14. The Morgan fingerprint density at radius 3 is 2.38 bits per heavy atom. The van der Waals surface area contributed by atoms with Gasteiger partial charge in [0.2, 0.25) is 5.82 Å². The van der Waals surface area contributed by atoms with E-state index in [2.05, 4.69) is 31.1 Å². The van der Waals surface area contributed by atoms with Gasteiger partial charge in [-0.3, -0.25) is 4.98 Å². The van der Waals surface area contributed by atoms with Crippen molar-refractivity contribution in [2.24, 2.45) is 0 Å². The highest BCUT2D eigenvalue weighted by molar-refractivity contribution is 9.10. The minimum atomic E-state index is 0.456. The number of nitrogens with two attached hydrogens (primary N) is 1. The molecule has 21 heavy (non-hydrogen) atoms. The van der Waals surface area contributed by atoms with Crippen molar-refractivity contribution in [3.63, 3.8) is 0 Å². The van der Waals surface area contributed by atoms with E-state index in [0.717, 1.165) is 27.0 Å². The second-order valence-electron chi connectivity index (χ2n) is 4.80. The number of rotatable bonds is 2. The van der Waals surface area contributed by atoms with Crippen LogP contribution >= 0.6 is 15.9 Å². The Morgan fingerprint density at radius 1 is 1.00 bits per heavy atom. The van der Waals surface area contributed by atoms with Crippen molar-refractivity contribution in [3.8, 4) is 22.8 Å². The van der Waals surface area contributed by atoms with E-state index in [0.29, 0.717) is 17.4 Å². The van der Waals surface area contributed by atoms with E-state index in [9.17, 15) is 0 Å². The lowest BCUT2D eigenvalue weighted by Gasteiger charge is -2.00. The molecule has 0 amide bonds. The predicted molar refractivity (Wildman–Crippen MR) is 84.6 cm³/mol. The Bertz CT molecular complexity index is 793. The number of halogens is 1. The van der Waals surface area contributed by atoms with Crippen molar-refractivity contribution in [2.45, 2.75) is 13.8 Å². The summed E-state index contributed by atoms with van der Waals surface area (Å²) in [6.45, 7) is 3.88. The molecule has 0 radical (unpaired) electrons. The molecule has 3 aromatic rings. The SMILES string of the molecule is Cc1cc(-c2noc(-c3ccc(N)c(Br)c3)n2)cc(C)n1. The van der Waals surface area contributed by atoms with Crippen molar-refractivity contribution in [1.29, 1.82) is 0 Å². The minimum absolute atomic E-state index is 0.456. The summed E-state index contributed by atoms with van der Waals surface area (Å²) in [7, 11) is 0. The fourth-order valence-electron chi connectivity index (χ4n) is 2.08. The first-order valence-corrected chi connectivity index (χ1v) is 7.17. The van der Waals surface area contributed by atoms with Crippen molar-refractivity contribution in [1.82, 2.24) is 15.1 Å². The summed E-state index contributed by atoms with van der Waals surface area (Å²) in [4.78, 5) is 8.78. The molecule has 0 saturated heterocycles. The van der Waals surface area contributed by atoms with Crippen LogP contribution in [0.2, 0.25) is 0 Å². The molecule has 0 aliphatic carbocycles. The zero-order valence-electron chi connectivity index (χ0n) is 11.6. The van der Waals surface area contributed by atoms with Crippen LogP contribution in [-0.4, -0.2) is 15.1 Å².